The first kappa shape index (κ1) is 12.7. The molecule has 1 aromatic carbocycles. The molecule has 0 bridgehead atoms. The average molecular weight is 221 g/mol. The van der Waals surface area contributed by atoms with E-state index in [9.17, 15) is 4.79 Å². The minimum absolute atomic E-state index is 0.0467. The van der Waals surface area contributed by atoms with Gasteiger partial charge in [0.2, 0.25) is 5.91 Å². The highest BCUT2D eigenvalue weighted by Gasteiger charge is 2.06. The molecule has 1 atom stereocenters. The molecule has 0 spiro atoms. The highest BCUT2D eigenvalue weighted by molar-refractivity contribution is 5.79. The van der Waals surface area contributed by atoms with Crippen LogP contribution in [0.25, 0.3) is 0 Å². The number of aliphatic hydroxyl groups is 1. The van der Waals surface area contributed by atoms with Gasteiger partial charge < -0.3 is 10.4 Å². The topological polar surface area (TPSA) is 49.3 Å². The number of aryl methyl sites for hydroxylation is 2. The molecule has 1 unspecified atom stereocenters. The first-order chi connectivity index (χ1) is 7.49. The molecule has 0 aliphatic rings. The smallest absolute Gasteiger partial charge is 0.224 e. The average Bonchev–Trinajstić information content (AvgIpc) is 2.20. The number of rotatable bonds is 4. The normalized spacial score (nSPS) is 12.2. The zero-order valence-electron chi connectivity index (χ0n) is 10.1. The second-order valence-corrected chi connectivity index (χ2v) is 4.26. The van der Waals surface area contributed by atoms with Crippen LogP contribution < -0.4 is 5.32 Å². The van der Waals surface area contributed by atoms with E-state index in [4.69, 9.17) is 5.11 Å². The number of benzene rings is 1. The van der Waals surface area contributed by atoms with Crippen molar-refractivity contribution in [3.05, 3.63) is 34.9 Å². The number of hydrogen-bond acceptors (Lipinski definition) is 2. The maximum Gasteiger partial charge on any atom is 0.224 e. The van der Waals surface area contributed by atoms with Crippen LogP contribution in [-0.4, -0.2) is 23.7 Å². The summed E-state index contributed by atoms with van der Waals surface area (Å²) in [5, 5.41) is 11.7. The summed E-state index contributed by atoms with van der Waals surface area (Å²) in [6.07, 6.45) is -0.122. The SMILES string of the molecule is Cc1ccc(C)c(CC(=O)NCC(C)O)c1. The first-order valence-electron chi connectivity index (χ1n) is 5.50. The zero-order valence-corrected chi connectivity index (χ0v) is 10.1. The Morgan fingerprint density at radius 1 is 1.44 bits per heavy atom. The Kier molecular flexibility index (Phi) is 4.50. The van der Waals surface area contributed by atoms with Crippen molar-refractivity contribution in [2.45, 2.75) is 33.3 Å². The first-order valence-corrected chi connectivity index (χ1v) is 5.50. The Bertz CT molecular complexity index is 372. The summed E-state index contributed by atoms with van der Waals surface area (Å²) >= 11 is 0. The Labute approximate surface area is 96.5 Å². The van der Waals surface area contributed by atoms with E-state index in [2.05, 4.69) is 5.32 Å². The van der Waals surface area contributed by atoms with Crippen LogP contribution in [0.5, 0.6) is 0 Å². The van der Waals surface area contributed by atoms with Gasteiger partial charge in [0.1, 0.15) is 0 Å². The molecule has 0 aliphatic carbocycles. The molecule has 1 rings (SSSR count). The number of aliphatic hydroxyl groups excluding tert-OH is 1. The van der Waals surface area contributed by atoms with Gasteiger partial charge in [0.05, 0.1) is 12.5 Å². The zero-order chi connectivity index (χ0) is 12.1. The lowest BCUT2D eigenvalue weighted by Gasteiger charge is -2.09. The standard InChI is InChI=1S/C13H19NO2/c1-9-4-5-10(2)12(6-9)7-13(16)14-8-11(3)15/h4-6,11,15H,7-8H2,1-3H3,(H,14,16). The van der Waals surface area contributed by atoms with Crippen molar-refractivity contribution in [1.82, 2.24) is 5.32 Å². The van der Waals surface area contributed by atoms with E-state index in [1.165, 1.54) is 0 Å². The molecule has 3 heteroatoms. The number of nitrogens with one attached hydrogen (secondary N) is 1. The van der Waals surface area contributed by atoms with Crippen molar-refractivity contribution in [2.75, 3.05) is 6.54 Å². The van der Waals surface area contributed by atoms with E-state index in [0.29, 0.717) is 13.0 Å². The molecule has 1 amide bonds. The van der Waals surface area contributed by atoms with Gasteiger partial charge in [-0.1, -0.05) is 23.8 Å². The van der Waals surface area contributed by atoms with E-state index in [-0.39, 0.29) is 5.91 Å². The predicted molar refractivity (Wildman–Crippen MR) is 64.3 cm³/mol. The van der Waals surface area contributed by atoms with Crippen molar-refractivity contribution < 1.29 is 9.90 Å². The van der Waals surface area contributed by atoms with Crippen molar-refractivity contribution in [1.29, 1.82) is 0 Å². The predicted octanol–water partition coefficient (Wildman–Crippen LogP) is 1.34. The van der Waals surface area contributed by atoms with Crippen LogP contribution in [0.15, 0.2) is 18.2 Å². The van der Waals surface area contributed by atoms with Gasteiger partial charge >= 0.3 is 0 Å². The Hall–Kier alpha value is -1.35. The molecule has 3 nitrogen and oxygen atoms in total. The third-order valence-corrected chi connectivity index (χ3v) is 2.45. The summed E-state index contributed by atoms with van der Waals surface area (Å²) in [7, 11) is 0. The fraction of sp³-hybridized carbons (Fsp3) is 0.462. The molecule has 2 N–H and O–H groups in total. The Morgan fingerprint density at radius 3 is 2.75 bits per heavy atom. The molecule has 0 radical (unpaired) electrons. The summed E-state index contributed by atoms with van der Waals surface area (Å²) in [5.41, 5.74) is 3.32. The fourth-order valence-electron chi connectivity index (χ4n) is 1.49. The van der Waals surface area contributed by atoms with Crippen LogP contribution in [-0.2, 0) is 11.2 Å². The summed E-state index contributed by atoms with van der Waals surface area (Å²) in [6, 6.07) is 6.08. The van der Waals surface area contributed by atoms with E-state index >= 15 is 0 Å². The minimum Gasteiger partial charge on any atom is -0.392 e. The van der Waals surface area contributed by atoms with Gasteiger partial charge in [-0.2, -0.15) is 0 Å². The molecule has 0 heterocycles. The van der Waals surface area contributed by atoms with E-state index in [1.54, 1.807) is 6.92 Å². The van der Waals surface area contributed by atoms with Crippen molar-refractivity contribution >= 4 is 5.91 Å². The third-order valence-electron chi connectivity index (χ3n) is 2.45. The van der Waals surface area contributed by atoms with Gasteiger partial charge in [-0.15, -0.1) is 0 Å². The van der Waals surface area contributed by atoms with Crippen LogP contribution in [0.3, 0.4) is 0 Å². The maximum atomic E-state index is 11.6. The molecular formula is C13H19NO2. The summed E-state index contributed by atoms with van der Waals surface area (Å²) in [5.74, 6) is -0.0467. The highest BCUT2D eigenvalue weighted by atomic mass is 16.3. The second kappa shape index (κ2) is 5.66. The Balaban J connectivity index is 2.59. The van der Waals surface area contributed by atoms with Gasteiger partial charge in [-0.3, -0.25) is 4.79 Å². The summed E-state index contributed by atoms with van der Waals surface area (Å²) in [6.45, 7) is 5.97. The van der Waals surface area contributed by atoms with E-state index in [0.717, 1.165) is 16.7 Å². The molecular weight excluding hydrogens is 202 g/mol. The lowest BCUT2D eigenvalue weighted by atomic mass is 10.0. The van der Waals surface area contributed by atoms with Crippen molar-refractivity contribution in [3.8, 4) is 0 Å². The van der Waals surface area contributed by atoms with Gasteiger partial charge in [0.25, 0.3) is 0 Å². The van der Waals surface area contributed by atoms with Crippen LogP contribution in [0.4, 0.5) is 0 Å². The van der Waals surface area contributed by atoms with Gasteiger partial charge in [-0.25, -0.2) is 0 Å². The highest BCUT2D eigenvalue weighted by Crippen LogP contribution is 2.11. The van der Waals surface area contributed by atoms with Crippen LogP contribution >= 0.6 is 0 Å². The third kappa shape index (κ3) is 4.03. The van der Waals surface area contributed by atoms with E-state index in [1.807, 2.05) is 32.0 Å². The van der Waals surface area contributed by atoms with Gasteiger partial charge in [-0.05, 0) is 31.9 Å². The maximum absolute atomic E-state index is 11.6. The molecule has 0 aromatic heterocycles. The summed E-state index contributed by atoms with van der Waals surface area (Å²) in [4.78, 5) is 11.6. The summed E-state index contributed by atoms with van der Waals surface area (Å²) < 4.78 is 0. The fourth-order valence-corrected chi connectivity index (χ4v) is 1.49. The monoisotopic (exact) mass is 221 g/mol. The molecule has 1 aromatic rings. The second-order valence-electron chi connectivity index (χ2n) is 4.26. The minimum atomic E-state index is -0.498. The number of carbonyl (C=O) groups excluding carboxylic acids is 1. The number of hydrogen-bond donors (Lipinski definition) is 2. The number of carbonyl (C=O) groups is 1. The Morgan fingerprint density at radius 2 is 2.12 bits per heavy atom. The largest absolute Gasteiger partial charge is 0.392 e. The van der Waals surface area contributed by atoms with Gasteiger partial charge in [0, 0.05) is 6.54 Å². The lowest BCUT2D eigenvalue weighted by molar-refractivity contribution is -0.120. The quantitative estimate of drug-likeness (QED) is 0.806. The van der Waals surface area contributed by atoms with Crippen LogP contribution in [0.1, 0.15) is 23.6 Å². The van der Waals surface area contributed by atoms with E-state index < -0.39 is 6.10 Å². The molecule has 0 fully saturated rings. The van der Waals surface area contributed by atoms with Crippen molar-refractivity contribution in [2.24, 2.45) is 0 Å². The van der Waals surface area contributed by atoms with Crippen molar-refractivity contribution in [3.63, 3.8) is 0 Å². The number of amides is 1. The molecule has 0 saturated carbocycles. The molecule has 0 aliphatic heterocycles. The lowest BCUT2D eigenvalue weighted by Crippen LogP contribution is -2.31. The van der Waals surface area contributed by atoms with Crippen LogP contribution in [0, 0.1) is 13.8 Å². The van der Waals surface area contributed by atoms with Crippen LogP contribution in [0.2, 0.25) is 0 Å². The molecule has 0 saturated heterocycles. The molecule has 88 valence electrons. The van der Waals surface area contributed by atoms with Gasteiger partial charge in [0.15, 0.2) is 0 Å². The molecule has 16 heavy (non-hydrogen) atoms.